The van der Waals surface area contributed by atoms with Gasteiger partial charge in [0.05, 0.1) is 12.4 Å². The molecule has 0 N–H and O–H groups in total. The van der Waals surface area contributed by atoms with E-state index < -0.39 is 0 Å². The van der Waals surface area contributed by atoms with Crippen LogP contribution in [0.4, 0.5) is 5.82 Å². The average molecular weight is 305 g/mol. The lowest BCUT2D eigenvalue weighted by Crippen LogP contribution is -2.55. The summed E-state index contributed by atoms with van der Waals surface area (Å²) in [5, 5.41) is 0. The highest BCUT2D eigenvalue weighted by atomic mass is 16.2. The Balaban J connectivity index is 2.16. The van der Waals surface area contributed by atoms with Crippen molar-refractivity contribution in [3.05, 3.63) is 18.1 Å². The molecule has 6 heteroatoms. The van der Waals surface area contributed by atoms with Crippen LogP contribution in [0.5, 0.6) is 0 Å². The first-order valence-corrected chi connectivity index (χ1v) is 7.98. The maximum absolute atomic E-state index is 12.0. The zero-order chi connectivity index (χ0) is 16.3. The standard InChI is InChI=1S/C16H27N5O/c1-6-13-11-20(7-8-21(13)12(2)3)15-10-17-9-14(18-15)16(22)19(4)5/h9-10,12-13H,6-8,11H2,1-5H3. The van der Waals surface area contributed by atoms with Gasteiger partial charge in [-0.05, 0) is 20.3 Å². The van der Waals surface area contributed by atoms with E-state index in [4.69, 9.17) is 0 Å². The molecule has 1 atom stereocenters. The fourth-order valence-electron chi connectivity index (χ4n) is 2.96. The Morgan fingerprint density at radius 2 is 2.09 bits per heavy atom. The largest absolute Gasteiger partial charge is 0.352 e. The predicted molar refractivity (Wildman–Crippen MR) is 88.2 cm³/mol. The van der Waals surface area contributed by atoms with Crippen molar-refractivity contribution in [2.75, 3.05) is 38.6 Å². The highest BCUT2D eigenvalue weighted by Gasteiger charge is 2.28. The summed E-state index contributed by atoms with van der Waals surface area (Å²) in [7, 11) is 3.45. The summed E-state index contributed by atoms with van der Waals surface area (Å²) in [6, 6.07) is 1.07. The van der Waals surface area contributed by atoms with Crippen molar-refractivity contribution in [3.63, 3.8) is 0 Å². The van der Waals surface area contributed by atoms with Crippen molar-refractivity contribution >= 4 is 11.7 Å². The lowest BCUT2D eigenvalue weighted by Gasteiger charge is -2.43. The zero-order valence-electron chi connectivity index (χ0n) is 14.3. The van der Waals surface area contributed by atoms with E-state index in [1.54, 1.807) is 20.3 Å². The normalized spacial score (nSPS) is 19.5. The summed E-state index contributed by atoms with van der Waals surface area (Å²) in [5.74, 6) is 0.691. The summed E-state index contributed by atoms with van der Waals surface area (Å²) in [4.78, 5) is 27.1. The molecule has 1 amide bonds. The van der Waals surface area contributed by atoms with Gasteiger partial charge in [-0.15, -0.1) is 0 Å². The summed E-state index contributed by atoms with van der Waals surface area (Å²) >= 11 is 0. The van der Waals surface area contributed by atoms with E-state index >= 15 is 0 Å². The van der Waals surface area contributed by atoms with Crippen LogP contribution in [-0.4, -0.2) is 71.5 Å². The molecule has 2 heterocycles. The lowest BCUT2D eigenvalue weighted by atomic mass is 10.1. The van der Waals surface area contributed by atoms with Gasteiger partial charge in [0.2, 0.25) is 0 Å². The second-order valence-corrected chi connectivity index (χ2v) is 6.30. The van der Waals surface area contributed by atoms with Gasteiger partial charge in [-0.25, -0.2) is 4.98 Å². The molecule has 0 aliphatic carbocycles. The number of rotatable bonds is 4. The molecular weight excluding hydrogens is 278 g/mol. The first-order chi connectivity index (χ1) is 10.4. The van der Waals surface area contributed by atoms with Gasteiger partial charge in [0.15, 0.2) is 0 Å². The Labute approximate surface area is 133 Å². The highest BCUT2D eigenvalue weighted by Crippen LogP contribution is 2.20. The molecule has 122 valence electrons. The van der Waals surface area contributed by atoms with E-state index in [1.165, 1.54) is 11.1 Å². The third kappa shape index (κ3) is 3.55. The van der Waals surface area contributed by atoms with Crippen LogP contribution in [0.15, 0.2) is 12.4 Å². The van der Waals surface area contributed by atoms with Gasteiger partial charge >= 0.3 is 0 Å². The van der Waals surface area contributed by atoms with Crippen LogP contribution in [0.2, 0.25) is 0 Å². The molecule has 22 heavy (non-hydrogen) atoms. The number of nitrogens with zero attached hydrogens (tertiary/aromatic N) is 5. The molecule has 1 aliphatic heterocycles. The van der Waals surface area contributed by atoms with Gasteiger partial charge in [0, 0.05) is 45.8 Å². The molecule has 2 rings (SSSR count). The van der Waals surface area contributed by atoms with Gasteiger partial charge < -0.3 is 9.80 Å². The minimum Gasteiger partial charge on any atom is -0.352 e. The number of aromatic nitrogens is 2. The average Bonchev–Trinajstić information content (AvgIpc) is 2.53. The van der Waals surface area contributed by atoms with Crippen molar-refractivity contribution in [3.8, 4) is 0 Å². The fourth-order valence-corrected chi connectivity index (χ4v) is 2.96. The zero-order valence-corrected chi connectivity index (χ0v) is 14.3. The third-order valence-electron chi connectivity index (χ3n) is 4.23. The highest BCUT2D eigenvalue weighted by molar-refractivity contribution is 5.91. The Kier molecular flexibility index (Phi) is 5.34. The Morgan fingerprint density at radius 1 is 1.36 bits per heavy atom. The Hall–Kier alpha value is -1.69. The van der Waals surface area contributed by atoms with E-state index in [1.807, 2.05) is 0 Å². The molecule has 0 spiro atoms. The van der Waals surface area contributed by atoms with Gasteiger partial charge in [-0.1, -0.05) is 6.92 Å². The SMILES string of the molecule is CCC1CN(c2cncc(C(=O)N(C)C)n2)CCN1C(C)C. The van der Waals surface area contributed by atoms with Crippen LogP contribution in [-0.2, 0) is 0 Å². The number of anilines is 1. The summed E-state index contributed by atoms with van der Waals surface area (Å²) in [6.07, 6.45) is 4.40. The second-order valence-electron chi connectivity index (χ2n) is 6.30. The topological polar surface area (TPSA) is 52.6 Å². The first-order valence-electron chi connectivity index (χ1n) is 7.98. The number of hydrogen-bond acceptors (Lipinski definition) is 5. The van der Waals surface area contributed by atoms with Gasteiger partial charge in [-0.2, -0.15) is 0 Å². The maximum Gasteiger partial charge on any atom is 0.273 e. The number of hydrogen-bond donors (Lipinski definition) is 0. The van der Waals surface area contributed by atoms with Crippen molar-refractivity contribution in [1.29, 1.82) is 0 Å². The lowest BCUT2D eigenvalue weighted by molar-refractivity contribution is 0.0821. The van der Waals surface area contributed by atoms with Crippen LogP contribution in [0.1, 0.15) is 37.7 Å². The third-order valence-corrected chi connectivity index (χ3v) is 4.23. The predicted octanol–water partition coefficient (Wildman–Crippen LogP) is 1.49. The van der Waals surface area contributed by atoms with Crippen LogP contribution in [0, 0.1) is 0 Å². The Bertz CT molecular complexity index is 517. The summed E-state index contributed by atoms with van der Waals surface area (Å²) in [6.45, 7) is 9.58. The number of piperazine rings is 1. The van der Waals surface area contributed by atoms with Crippen LogP contribution in [0.3, 0.4) is 0 Å². The second kappa shape index (κ2) is 7.05. The van der Waals surface area contributed by atoms with Crippen LogP contribution < -0.4 is 4.90 Å². The molecule has 0 saturated carbocycles. The van der Waals surface area contributed by atoms with Crippen LogP contribution in [0.25, 0.3) is 0 Å². The van der Waals surface area contributed by atoms with Crippen molar-refractivity contribution in [2.45, 2.75) is 39.3 Å². The van der Waals surface area contributed by atoms with Crippen molar-refractivity contribution < 1.29 is 4.79 Å². The number of carbonyl (C=O) groups is 1. The van der Waals surface area contributed by atoms with E-state index in [9.17, 15) is 4.79 Å². The molecule has 1 aromatic rings. The van der Waals surface area contributed by atoms with Crippen molar-refractivity contribution in [2.24, 2.45) is 0 Å². The molecule has 1 aliphatic rings. The van der Waals surface area contributed by atoms with E-state index in [0.29, 0.717) is 17.8 Å². The van der Waals surface area contributed by atoms with E-state index in [0.717, 1.165) is 31.9 Å². The monoisotopic (exact) mass is 305 g/mol. The molecule has 0 aromatic carbocycles. The van der Waals surface area contributed by atoms with Gasteiger partial charge in [0.25, 0.3) is 5.91 Å². The summed E-state index contributed by atoms with van der Waals surface area (Å²) in [5.41, 5.74) is 0.404. The summed E-state index contributed by atoms with van der Waals surface area (Å²) < 4.78 is 0. The smallest absolute Gasteiger partial charge is 0.273 e. The Morgan fingerprint density at radius 3 is 2.68 bits per heavy atom. The van der Waals surface area contributed by atoms with Crippen LogP contribution >= 0.6 is 0 Å². The molecular formula is C16H27N5O. The van der Waals surface area contributed by atoms with E-state index in [-0.39, 0.29) is 5.91 Å². The molecule has 1 fully saturated rings. The molecule has 1 unspecified atom stereocenters. The van der Waals surface area contributed by atoms with E-state index in [2.05, 4.69) is 40.5 Å². The van der Waals surface area contributed by atoms with Gasteiger partial charge in [-0.3, -0.25) is 14.7 Å². The number of carbonyl (C=O) groups excluding carboxylic acids is 1. The first kappa shape index (κ1) is 16.7. The molecule has 0 radical (unpaired) electrons. The van der Waals surface area contributed by atoms with Gasteiger partial charge in [0.1, 0.15) is 11.5 Å². The maximum atomic E-state index is 12.0. The number of amides is 1. The molecule has 0 bridgehead atoms. The minimum absolute atomic E-state index is 0.109. The van der Waals surface area contributed by atoms with Crippen molar-refractivity contribution in [1.82, 2.24) is 19.8 Å². The molecule has 1 aromatic heterocycles. The minimum atomic E-state index is -0.109. The fraction of sp³-hybridized carbons (Fsp3) is 0.688. The molecule has 6 nitrogen and oxygen atoms in total. The quantitative estimate of drug-likeness (QED) is 0.843. The molecule has 1 saturated heterocycles.